The minimum absolute atomic E-state index is 0.145. The predicted molar refractivity (Wildman–Crippen MR) is 113 cm³/mol. The summed E-state index contributed by atoms with van der Waals surface area (Å²) in [4.78, 5) is 37.1. The number of nitrogens with one attached hydrogen (secondary N) is 2. The highest BCUT2D eigenvalue weighted by Gasteiger charge is 2.27. The van der Waals surface area contributed by atoms with Crippen molar-refractivity contribution in [3.63, 3.8) is 0 Å². The molecule has 1 aliphatic rings. The average Bonchev–Trinajstić information content (AvgIpc) is 2.71. The van der Waals surface area contributed by atoms with Crippen LogP contribution in [0.3, 0.4) is 0 Å². The molecule has 0 aromatic heterocycles. The van der Waals surface area contributed by atoms with Gasteiger partial charge in [-0.15, -0.1) is 0 Å². The van der Waals surface area contributed by atoms with E-state index in [0.29, 0.717) is 16.9 Å². The molecule has 0 atom stereocenters. The number of anilines is 2. The van der Waals surface area contributed by atoms with Crippen molar-refractivity contribution in [2.45, 2.75) is 33.6 Å². The average molecular weight is 392 g/mol. The topological polar surface area (TPSA) is 90.9 Å². The molecule has 0 unspecified atom stereocenters. The van der Waals surface area contributed by atoms with Crippen LogP contribution in [0.2, 0.25) is 0 Å². The molecule has 150 valence electrons. The monoisotopic (exact) mass is 392 g/mol. The molecule has 7 heteroatoms. The van der Waals surface area contributed by atoms with E-state index in [4.69, 9.17) is 0 Å². The Labute approximate surface area is 169 Å². The van der Waals surface area contributed by atoms with Crippen molar-refractivity contribution in [3.8, 4) is 0 Å². The van der Waals surface area contributed by atoms with Crippen molar-refractivity contribution >= 4 is 34.8 Å². The van der Waals surface area contributed by atoms with E-state index < -0.39 is 0 Å². The lowest BCUT2D eigenvalue weighted by atomic mass is 10.1. The Morgan fingerprint density at radius 1 is 0.966 bits per heavy atom. The van der Waals surface area contributed by atoms with Gasteiger partial charge < -0.3 is 10.6 Å². The Balaban J connectivity index is 1.88. The van der Waals surface area contributed by atoms with Crippen LogP contribution in [0.25, 0.3) is 0 Å². The van der Waals surface area contributed by atoms with Crippen LogP contribution in [0.4, 0.5) is 11.4 Å². The molecule has 7 nitrogen and oxygen atoms in total. The summed E-state index contributed by atoms with van der Waals surface area (Å²) in [5.41, 5.74) is 4.67. The molecule has 0 fully saturated rings. The summed E-state index contributed by atoms with van der Waals surface area (Å²) in [6, 6.07) is 10.9. The van der Waals surface area contributed by atoms with Crippen molar-refractivity contribution in [1.29, 1.82) is 0 Å². The molecule has 0 spiro atoms. The van der Waals surface area contributed by atoms with Gasteiger partial charge in [-0.3, -0.25) is 14.4 Å². The highest BCUT2D eigenvalue weighted by atomic mass is 16.2. The van der Waals surface area contributed by atoms with Crippen molar-refractivity contribution in [1.82, 2.24) is 5.32 Å². The molecule has 1 aliphatic heterocycles. The van der Waals surface area contributed by atoms with E-state index in [1.807, 2.05) is 39.0 Å². The number of carbonyl (C=O) groups excluding carboxylic acids is 3. The minimum atomic E-state index is -0.384. The maximum Gasteiger partial charge on any atom is 0.271 e. The van der Waals surface area contributed by atoms with Crippen molar-refractivity contribution in [3.05, 3.63) is 58.7 Å². The van der Waals surface area contributed by atoms with Crippen LogP contribution in [0.5, 0.6) is 0 Å². The first-order valence-corrected chi connectivity index (χ1v) is 9.42. The predicted octanol–water partition coefficient (Wildman–Crippen LogP) is 3.09. The third-order valence-electron chi connectivity index (χ3n) is 4.86. The molecule has 29 heavy (non-hydrogen) atoms. The molecule has 3 amide bonds. The lowest BCUT2D eigenvalue weighted by Crippen LogP contribution is -2.36. The number of hydrogen-bond acceptors (Lipinski definition) is 4. The molecular formula is C22H24N4O3. The summed E-state index contributed by atoms with van der Waals surface area (Å²) < 4.78 is 0. The molecule has 0 aliphatic carbocycles. The van der Waals surface area contributed by atoms with Gasteiger partial charge in [0.15, 0.2) is 0 Å². The van der Waals surface area contributed by atoms with Gasteiger partial charge in [-0.25, -0.2) is 5.01 Å². The summed E-state index contributed by atoms with van der Waals surface area (Å²) in [6.07, 6.45) is 0.469. The second-order valence-corrected chi connectivity index (χ2v) is 7.11. The number of hydrazone groups is 1. The molecule has 0 bridgehead atoms. The SMILES string of the molecule is CNC(=O)c1ccc(C)c(NC(=O)C2=NN(c3cc(C)ccc3C)C(=O)CC2)c1. The molecule has 0 saturated heterocycles. The summed E-state index contributed by atoms with van der Waals surface area (Å²) in [5, 5.41) is 11.0. The summed E-state index contributed by atoms with van der Waals surface area (Å²) in [5.74, 6) is -0.764. The lowest BCUT2D eigenvalue weighted by Gasteiger charge is -2.25. The minimum Gasteiger partial charge on any atom is -0.355 e. The van der Waals surface area contributed by atoms with Crippen LogP contribution in [-0.2, 0) is 9.59 Å². The van der Waals surface area contributed by atoms with E-state index in [0.717, 1.165) is 16.7 Å². The number of carbonyl (C=O) groups is 3. The van der Waals surface area contributed by atoms with Crippen LogP contribution in [0.1, 0.15) is 39.9 Å². The second-order valence-electron chi connectivity index (χ2n) is 7.11. The lowest BCUT2D eigenvalue weighted by molar-refractivity contribution is -0.118. The van der Waals surface area contributed by atoms with Crippen molar-refractivity contribution in [2.24, 2.45) is 5.10 Å². The van der Waals surface area contributed by atoms with Crippen molar-refractivity contribution in [2.75, 3.05) is 17.4 Å². The first-order chi connectivity index (χ1) is 13.8. The Hall–Kier alpha value is -3.48. The number of benzene rings is 2. The third-order valence-corrected chi connectivity index (χ3v) is 4.86. The highest BCUT2D eigenvalue weighted by Crippen LogP contribution is 2.26. The van der Waals surface area contributed by atoms with Gasteiger partial charge >= 0.3 is 0 Å². The van der Waals surface area contributed by atoms with E-state index >= 15 is 0 Å². The normalized spacial score (nSPS) is 13.7. The fraction of sp³-hybridized carbons (Fsp3) is 0.273. The largest absolute Gasteiger partial charge is 0.355 e. The number of rotatable bonds is 4. The molecule has 2 N–H and O–H groups in total. The van der Waals surface area contributed by atoms with Crippen LogP contribution in [-0.4, -0.2) is 30.5 Å². The quantitative estimate of drug-likeness (QED) is 0.838. The Bertz CT molecular complexity index is 1030. The zero-order valence-corrected chi connectivity index (χ0v) is 17.0. The van der Waals surface area contributed by atoms with Gasteiger partial charge in [-0.2, -0.15) is 5.10 Å². The maximum atomic E-state index is 12.8. The summed E-state index contributed by atoms with van der Waals surface area (Å²) >= 11 is 0. The van der Waals surface area contributed by atoms with Crippen molar-refractivity contribution < 1.29 is 14.4 Å². The van der Waals surface area contributed by atoms with Crippen LogP contribution in [0.15, 0.2) is 41.5 Å². The Morgan fingerprint density at radius 2 is 1.69 bits per heavy atom. The van der Waals surface area contributed by atoms with Crippen LogP contribution < -0.4 is 15.6 Å². The molecule has 0 radical (unpaired) electrons. The smallest absolute Gasteiger partial charge is 0.271 e. The molecule has 0 saturated carbocycles. The third kappa shape index (κ3) is 4.34. The molecule has 3 rings (SSSR count). The van der Waals surface area contributed by atoms with Gasteiger partial charge in [0.05, 0.1) is 5.69 Å². The molecule has 2 aromatic rings. The Kier molecular flexibility index (Phi) is 5.77. The summed E-state index contributed by atoms with van der Waals surface area (Å²) in [7, 11) is 1.55. The number of nitrogens with zero attached hydrogens (tertiary/aromatic N) is 2. The Morgan fingerprint density at radius 3 is 2.41 bits per heavy atom. The first-order valence-electron chi connectivity index (χ1n) is 9.42. The zero-order chi connectivity index (χ0) is 21.1. The van der Waals surface area contributed by atoms with E-state index in [-0.39, 0.29) is 36.3 Å². The van der Waals surface area contributed by atoms with Crippen LogP contribution >= 0.6 is 0 Å². The maximum absolute atomic E-state index is 12.8. The van der Waals surface area contributed by atoms with E-state index in [1.54, 1.807) is 25.2 Å². The molecule has 2 aromatic carbocycles. The van der Waals surface area contributed by atoms with Gasteiger partial charge in [-0.1, -0.05) is 18.2 Å². The standard InChI is InChI=1S/C22H24N4O3/c1-13-5-6-15(3)19(11-13)26-20(27)10-9-17(25-26)22(29)24-18-12-16(21(28)23-4)8-7-14(18)2/h5-8,11-12H,9-10H2,1-4H3,(H,23,28)(H,24,29). The number of hydrogen-bond donors (Lipinski definition) is 2. The molecular weight excluding hydrogens is 368 g/mol. The number of aryl methyl sites for hydroxylation is 3. The summed E-state index contributed by atoms with van der Waals surface area (Å²) in [6.45, 7) is 5.69. The first kappa shape index (κ1) is 20.3. The van der Waals surface area contributed by atoms with Crippen LogP contribution in [0, 0.1) is 20.8 Å². The molecule has 1 heterocycles. The van der Waals surface area contributed by atoms with Gasteiger partial charge in [0.1, 0.15) is 5.71 Å². The fourth-order valence-corrected chi connectivity index (χ4v) is 3.09. The highest BCUT2D eigenvalue weighted by molar-refractivity contribution is 6.44. The van der Waals surface area contributed by atoms with Gasteiger partial charge in [0.2, 0.25) is 5.91 Å². The van der Waals surface area contributed by atoms with Gasteiger partial charge in [0.25, 0.3) is 11.8 Å². The second kappa shape index (κ2) is 8.26. The fourth-order valence-electron chi connectivity index (χ4n) is 3.09. The van der Waals surface area contributed by atoms with E-state index in [1.165, 1.54) is 5.01 Å². The number of amides is 3. The zero-order valence-electron chi connectivity index (χ0n) is 17.0. The van der Waals surface area contributed by atoms with Gasteiger partial charge in [0, 0.05) is 31.1 Å². The van der Waals surface area contributed by atoms with Gasteiger partial charge in [-0.05, 0) is 55.7 Å². The van der Waals surface area contributed by atoms with E-state index in [9.17, 15) is 14.4 Å². The van der Waals surface area contributed by atoms with E-state index in [2.05, 4.69) is 15.7 Å².